The van der Waals surface area contributed by atoms with Crippen LogP contribution in [0.5, 0.6) is 0 Å². The molecule has 0 spiro atoms. The molecule has 130 valence electrons. The van der Waals surface area contributed by atoms with E-state index in [1.54, 1.807) is 23.5 Å². The summed E-state index contributed by atoms with van der Waals surface area (Å²) in [7, 11) is 1.93. The summed E-state index contributed by atoms with van der Waals surface area (Å²) in [6.07, 6.45) is 3.94. The van der Waals surface area contributed by atoms with Crippen LogP contribution in [0.4, 0.5) is 4.39 Å². The summed E-state index contributed by atoms with van der Waals surface area (Å²) < 4.78 is 15.4. The number of halogens is 1. The molecule has 1 atom stereocenters. The van der Waals surface area contributed by atoms with Crippen molar-refractivity contribution >= 4 is 11.3 Å². The molecule has 1 saturated heterocycles. The third kappa shape index (κ3) is 3.66. The summed E-state index contributed by atoms with van der Waals surface area (Å²) >= 11 is 1.80. The van der Waals surface area contributed by atoms with Gasteiger partial charge in [0.25, 0.3) is 0 Å². The summed E-state index contributed by atoms with van der Waals surface area (Å²) in [5, 5.41) is 7.68. The van der Waals surface area contributed by atoms with Crippen molar-refractivity contribution in [2.75, 3.05) is 19.6 Å². The summed E-state index contributed by atoms with van der Waals surface area (Å²) in [6, 6.07) is 11.5. The molecule has 1 aliphatic heterocycles. The van der Waals surface area contributed by atoms with Crippen molar-refractivity contribution in [1.82, 2.24) is 20.0 Å². The molecule has 2 aromatic heterocycles. The smallest absolute Gasteiger partial charge is 0.123 e. The molecular weight excluding hydrogens is 335 g/mol. The summed E-state index contributed by atoms with van der Waals surface area (Å²) in [5.74, 6) is -0.169. The monoisotopic (exact) mass is 356 g/mol. The van der Waals surface area contributed by atoms with Crippen LogP contribution in [-0.2, 0) is 13.6 Å². The van der Waals surface area contributed by atoms with Crippen molar-refractivity contribution in [3.8, 4) is 10.4 Å². The number of benzene rings is 1. The van der Waals surface area contributed by atoms with E-state index in [9.17, 15) is 4.39 Å². The van der Waals surface area contributed by atoms with Gasteiger partial charge in [-0.3, -0.25) is 9.58 Å². The Morgan fingerprint density at radius 3 is 3.04 bits per heavy atom. The maximum atomic E-state index is 13.6. The van der Waals surface area contributed by atoms with E-state index >= 15 is 0 Å². The molecule has 3 heterocycles. The van der Waals surface area contributed by atoms with Crippen LogP contribution < -0.4 is 5.32 Å². The standard InChI is InChI=1S/C19H21FN4S/c1-23-12-15(10-22-23)19-6-5-17(25-19)13-24-8-7-21-11-18(24)14-3-2-4-16(20)9-14/h2-6,9-10,12,18,21H,7-8,11,13H2,1H3. The number of nitrogens with one attached hydrogen (secondary N) is 1. The van der Waals surface area contributed by atoms with Crippen molar-refractivity contribution in [3.63, 3.8) is 0 Å². The number of hydrogen-bond acceptors (Lipinski definition) is 4. The fraction of sp³-hybridized carbons (Fsp3) is 0.316. The molecule has 3 aromatic rings. The molecule has 1 N–H and O–H groups in total. The lowest BCUT2D eigenvalue weighted by atomic mass is 10.0. The highest BCUT2D eigenvalue weighted by atomic mass is 32.1. The highest BCUT2D eigenvalue weighted by Gasteiger charge is 2.24. The SMILES string of the molecule is Cn1cc(-c2ccc(CN3CCNCC3c3cccc(F)c3)s2)cn1. The van der Waals surface area contributed by atoms with E-state index < -0.39 is 0 Å². The van der Waals surface area contributed by atoms with E-state index in [0.717, 1.165) is 37.3 Å². The molecule has 0 amide bonds. The van der Waals surface area contributed by atoms with Gasteiger partial charge in [-0.05, 0) is 29.8 Å². The quantitative estimate of drug-likeness (QED) is 0.777. The Kier molecular flexibility index (Phi) is 4.65. The minimum Gasteiger partial charge on any atom is -0.314 e. The largest absolute Gasteiger partial charge is 0.314 e. The Labute approximate surface area is 150 Å². The van der Waals surface area contributed by atoms with Crippen LogP contribution in [0.15, 0.2) is 48.8 Å². The summed E-state index contributed by atoms with van der Waals surface area (Å²) in [4.78, 5) is 4.99. The summed E-state index contributed by atoms with van der Waals surface area (Å²) in [6.45, 7) is 3.66. The Morgan fingerprint density at radius 1 is 1.32 bits per heavy atom. The minimum atomic E-state index is -0.169. The first-order valence-electron chi connectivity index (χ1n) is 8.47. The predicted molar refractivity (Wildman–Crippen MR) is 98.9 cm³/mol. The van der Waals surface area contributed by atoms with Crippen LogP contribution in [-0.4, -0.2) is 34.3 Å². The topological polar surface area (TPSA) is 33.1 Å². The first-order chi connectivity index (χ1) is 12.2. The first kappa shape index (κ1) is 16.4. The van der Waals surface area contributed by atoms with E-state index in [0.29, 0.717) is 0 Å². The van der Waals surface area contributed by atoms with Crippen molar-refractivity contribution < 1.29 is 4.39 Å². The second kappa shape index (κ2) is 7.07. The van der Waals surface area contributed by atoms with Crippen LogP contribution in [0.1, 0.15) is 16.5 Å². The van der Waals surface area contributed by atoms with Crippen LogP contribution in [0, 0.1) is 5.82 Å². The van der Waals surface area contributed by atoms with Gasteiger partial charge in [-0.1, -0.05) is 12.1 Å². The Morgan fingerprint density at radius 2 is 2.24 bits per heavy atom. The van der Waals surface area contributed by atoms with Gasteiger partial charge in [0.1, 0.15) is 5.82 Å². The number of aryl methyl sites for hydroxylation is 1. The van der Waals surface area contributed by atoms with E-state index in [4.69, 9.17) is 0 Å². The molecule has 4 rings (SSSR count). The molecular formula is C19H21FN4S. The fourth-order valence-electron chi connectivity index (χ4n) is 3.34. The van der Waals surface area contributed by atoms with Gasteiger partial charge in [0, 0.05) is 60.8 Å². The van der Waals surface area contributed by atoms with E-state index in [1.807, 2.05) is 30.2 Å². The third-order valence-corrected chi connectivity index (χ3v) is 5.72. The highest BCUT2D eigenvalue weighted by molar-refractivity contribution is 7.15. The lowest BCUT2D eigenvalue weighted by Gasteiger charge is -2.36. The average molecular weight is 356 g/mol. The van der Waals surface area contributed by atoms with Gasteiger partial charge in [-0.25, -0.2) is 4.39 Å². The predicted octanol–water partition coefficient (Wildman–Crippen LogP) is 3.43. The Balaban J connectivity index is 1.53. The number of aromatic nitrogens is 2. The molecule has 4 nitrogen and oxygen atoms in total. The van der Waals surface area contributed by atoms with Crippen LogP contribution in [0.2, 0.25) is 0 Å². The zero-order valence-corrected chi connectivity index (χ0v) is 15.0. The number of thiophene rings is 1. The van der Waals surface area contributed by atoms with Gasteiger partial charge < -0.3 is 5.32 Å². The first-order valence-corrected chi connectivity index (χ1v) is 9.28. The molecule has 0 radical (unpaired) electrons. The molecule has 0 aliphatic carbocycles. The van der Waals surface area contributed by atoms with Gasteiger partial charge in [-0.15, -0.1) is 11.3 Å². The van der Waals surface area contributed by atoms with E-state index in [-0.39, 0.29) is 11.9 Å². The molecule has 1 unspecified atom stereocenters. The molecule has 1 fully saturated rings. The van der Waals surface area contributed by atoms with Crippen molar-refractivity contribution in [2.45, 2.75) is 12.6 Å². The number of rotatable bonds is 4. The lowest BCUT2D eigenvalue weighted by molar-refractivity contribution is 0.155. The molecule has 25 heavy (non-hydrogen) atoms. The minimum absolute atomic E-state index is 0.169. The van der Waals surface area contributed by atoms with Gasteiger partial charge in [0.2, 0.25) is 0 Å². The van der Waals surface area contributed by atoms with Crippen molar-refractivity contribution in [1.29, 1.82) is 0 Å². The van der Waals surface area contributed by atoms with Crippen molar-refractivity contribution in [3.05, 3.63) is 65.0 Å². The molecule has 0 bridgehead atoms. The molecule has 1 aliphatic rings. The van der Waals surface area contributed by atoms with Crippen LogP contribution in [0.3, 0.4) is 0 Å². The average Bonchev–Trinajstić information content (AvgIpc) is 3.24. The van der Waals surface area contributed by atoms with Gasteiger partial charge in [-0.2, -0.15) is 5.10 Å². The maximum Gasteiger partial charge on any atom is 0.123 e. The van der Waals surface area contributed by atoms with E-state index in [2.05, 4.69) is 27.4 Å². The fourth-order valence-corrected chi connectivity index (χ4v) is 4.35. The van der Waals surface area contributed by atoms with Crippen molar-refractivity contribution in [2.24, 2.45) is 7.05 Å². The second-order valence-electron chi connectivity index (χ2n) is 6.41. The van der Waals surface area contributed by atoms with Gasteiger partial charge in [0.05, 0.1) is 6.20 Å². The van der Waals surface area contributed by atoms with E-state index in [1.165, 1.54) is 15.8 Å². The molecule has 1 aromatic carbocycles. The lowest BCUT2D eigenvalue weighted by Crippen LogP contribution is -2.45. The molecule has 6 heteroatoms. The van der Waals surface area contributed by atoms with Crippen LogP contribution >= 0.6 is 11.3 Å². The van der Waals surface area contributed by atoms with Crippen LogP contribution in [0.25, 0.3) is 10.4 Å². The number of piperazine rings is 1. The maximum absolute atomic E-state index is 13.6. The van der Waals surface area contributed by atoms with Gasteiger partial charge >= 0.3 is 0 Å². The Bertz CT molecular complexity index is 856. The normalized spacial score (nSPS) is 18.6. The number of hydrogen-bond donors (Lipinski definition) is 1. The number of nitrogens with zero attached hydrogens (tertiary/aromatic N) is 3. The third-order valence-electron chi connectivity index (χ3n) is 4.60. The summed E-state index contributed by atoms with van der Waals surface area (Å²) in [5.41, 5.74) is 2.19. The highest BCUT2D eigenvalue weighted by Crippen LogP contribution is 2.31. The molecule has 0 saturated carbocycles. The van der Waals surface area contributed by atoms with Gasteiger partial charge in [0.15, 0.2) is 0 Å². The zero-order valence-electron chi connectivity index (χ0n) is 14.2. The Hall–Kier alpha value is -2.02. The zero-order chi connectivity index (χ0) is 17.2. The second-order valence-corrected chi connectivity index (χ2v) is 7.58.